The van der Waals surface area contributed by atoms with E-state index in [0.29, 0.717) is 5.56 Å². The summed E-state index contributed by atoms with van der Waals surface area (Å²) in [5.74, 6) is 1.45. The highest BCUT2D eigenvalue weighted by molar-refractivity contribution is 5.94. The van der Waals surface area contributed by atoms with E-state index in [2.05, 4.69) is 5.32 Å². The predicted molar refractivity (Wildman–Crippen MR) is 86.5 cm³/mol. The molecule has 0 bridgehead atoms. The molecule has 0 aromatic heterocycles. The van der Waals surface area contributed by atoms with Crippen molar-refractivity contribution >= 4 is 5.91 Å². The van der Waals surface area contributed by atoms with E-state index in [4.69, 9.17) is 9.47 Å². The van der Waals surface area contributed by atoms with Crippen LogP contribution >= 0.6 is 0 Å². The second-order valence-electron chi connectivity index (χ2n) is 4.94. The van der Waals surface area contributed by atoms with Crippen molar-refractivity contribution < 1.29 is 14.3 Å². The highest BCUT2D eigenvalue weighted by Crippen LogP contribution is 2.21. The van der Waals surface area contributed by atoms with Gasteiger partial charge in [0.25, 0.3) is 5.91 Å². The first-order chi connectivity index (χ1) is 10.7. The molecule has 1 atom stereocenters. The molecule has 2 rings (SSSR count). The summed E-state index contributed by atoms with van der Waals surface area (Å²) in [6, 6.07) is 14.8. The Labute approximate surface area is 131 Å². The van der Waals surface area contributed by atoms with Crippen molar-refractivity contribution in [1.82, 2.24) is 5.32 Å². The van der Waals surface area contributed by atoms with Gasteiger partial charge in [-0.2, -0.15) is 0 Å². The van der Waals surface area contributed by atoms with Gasteiger partial charge in [-0.1, -0.05) is 19.1 Å². The van der Waals surface area contributed by atoms with E-state index < -0.39 is 0 Å². The molecule has 0 fully saturated rings. The molecule has 4 nitrogen and oxygen atoms in total. The first-order valence-corrected chi connectivity index (χ1v) is 7.26. The smallest absolute Gasteiger partial charge is 0.251 e. The molecule has 0 aliphatic rings. The van der Waals surface area contributed by atoms with Gasteiger partial charge in [-0.15, -0.1) is 0 Å². The molecule has 0 radical (unpaired) electrons. The first-order valence-electron chi connectivity index (χ1n) is 7.26. The highest BCUT2D eigenvalue weighted by Gasteiger charge is 2.14. The fraction of sp³-hybridized carbons (Fsp3) is 0.278. The maximum atomic E-state index is 12.3. The zero-order valence-corrected chi connectivity index (χ0v) is 13.1. The lowest BCUT2D eigenvalue weighted by molar-refractivity contribution is 0.0935. The highest BCUT2D eigenvalue weighted by atomic mass is 16.5. The van der Waals surface area contributed by atoms with Crippen molar-refractivity contribution in [2.24, 2.45) is 0 Å². The van der Waals surface area contributed by atoms with Gasteiger partial charge in [0.2, 0.25) is 0 Å². The maximum absolute atomic E-state index is 12.3. The van der Waals surface area contributed by atoms with Crippen LogP contribution in [0.3, 0.4) is 0 Å². The van der Waals surface area contributed by atoms with E-state index in [1.54, 1.807) is 38.5 Å². The average molecular weight is 299 g/mol. The van der Waals surface area contributed by atoms with Gasteiger partial charge in [-0.05, 0) is 48.4 Å². The number of nitrogens with one attached hydrogen (secondary N) is 1. The molecule has 1 N–H and O–H groups in total. The van der Waals surface area contributed by atoms with Crippen molar-refractivity contribution in [3.8, 4) is 11.5 Å². The SMILES string of the molecule is CC[C@@H](NC(=O)c1ccc(OC)cc1)c1ccc(OC)cc1. The summed E-state index contributed by atoms with van der Waals surface area (Å²) in [4.78, 5) is 12.3. The molecular formula is C18H21NO3. The van der Waals surface area contributed by atoms with Crippen molar-refractivity contribution in [2.75, 3.05) is 14.2 Å². The summed E-state index contributed by atoms with van der Waals surface area (Å²) in [5, 5.41) is 3.05. The molecule has 0 spiro atoms. The topological polar surface area (TPSA) is 47.6 Å². The molecule has 2 aromatic rings. The minimum absolute atomic E-state index is 0.0273. The third kappa shape index (κ3) is 3.79. The molecule has 116 valence electrons. The van der Waals surface area contributed by atoms with Crippen LogP contribution < -0.4 is 14.8 Å². The fourth-order valence-electron chi connectivity index (χ4n) is 2.24. The number of hydrogen-bond acceptors (Lipinski definition) is 3. The van der Waals surface area contributed by atoms with E-state index in [-0.39, 0.29) is 11.9 Å². The summed E-state index contributed by atoms with van der Waals surface area (Å²) in [6.45, 7) is 2.04. The maximum Gasteiger partial charge on any atom is 0.251 e. The van der Waals surface area contributed by atoms with Crippen molar-refractivity contribution in [3.63, 3.8) is 0 Å². The second kappa shape index (κ2) is 7.50. The summed E-state index contributed by atoms with van der Waals surface area (Å²) in [7, 11) is 3.24. The summed E-state index contributed by atoms with van der Waals surface area (Å²) >= 11 is 0. The number of hydrogen-bond donors (Lipinski definition) is 1. The molecule has 0 saturated heterocycles. The van der Waals surface area contributed by atoms with Crippen LogP contribution in [-0.2, 0) is 0 Å². The zero-order chi connectivity index (χ0) is 15.9. The van der Waals surface area contributed by atoms with E-state index in [0.717, 1.165) is 23.5 Å². The van der Waals surface area contributed by atoms with Crippen LogP contribution in [0.4, 0.5) is 0 Å². The number of carbonyl (C=O) groups is 1. The van der Waals surface area contributed by atoms with Crippen LogP contribution in [0.5, 0.6) is 11.5 Å². The van der Waals surface area contributed by atoms with Gasteiger partial charge in [0.05, 0.1) is 20.3 Å². The molecule has 4 heteroatoms. The van der Waals surface area contributed by atoms with Crippen LogP contribution in [-0.4, -0.2) is 20.1 Å². The average Bonchev–Trinajstić information content (AvgIpc) is 2.59. The Balaban J connectivity index is 2.09. The Morgan fingerprint density at radius 2 is 1.45 bits per heavy atom. The number of carbonyl (C=O) groups excluding carboxylic acids is 1. The van der Waals surface area contributed by atoms with Gasteiger partial charge in [0, 0.05) is 5.56 Å². The molecule has 0 aliphatic carbocycles. The normalized spacial score (nSPS) is 11.6. The Morgan fingerprint density at radius 3 is 1.91 bits per heavy atom. The minimum Gasteiger partial charge on any atom is -0.497 e. The minimum atomic E-state index is -0.0923. The van der Waals surface area contributed by atoms with E-state index >= 15 is 0 Å². The van der Waals surface area contributed by atoms with E-state index in [1.165, 1.54) is 0 Å². The monoisotopic (exact) mass is 299 g/mol. The van der Waals surface area contributed by atoms with Crippen molar-refractivity contribution in [3.05, 3.63) is 59.7 Å². The molecule has 0 aliphatic heterocycles. The van der Waals surface area contributed by atoms with Crippen molar-refractivity contribution in [2.45, 2.75) is 19.4 Å². The Kier molecular flexibility index (Phi) is 5.42. The van der Waals surface area contributed by atoms with Gasteiger partial charge < -0.3 is 14.8 Å². The van der Waals surface area contributed by atoms with Crippen molar-refractivity contribution in [1.29, 1.82) is 0 Å². The van der Waals surface area contributed by atoms with Gasteiger partial charge in [0.1, 0.15) is 11.5 Å². The van der Waals surface area contributed by atoms with Crippen LogP contribution in [0.2, 0.25) is 0 Å². The lowest BCUT2D eigenvalue weighted by atomic mass is 10.0. The third-order valence-corrected chi connectivity index (χ3v) is 3.58. The summed E-state index contributed by atoms with van der Waals surface area (Å²) in [6.07, 6.45) is 0.814. The molecule has 0 heterocycles. The standard InChI is InChI=1S/C18H21NO3/c1-4-17(13-5-9-15(21-2)10-6-13)19-18(20)14-7-11-16(22-3)12-8-14/h5-12,17H,4H2,1-3H3,(H,19,20)/t17-/m1/s1. The lowest BCUT2D eigenvalue weighted by Crippen LogP contribution is -2.28. The Morgan fingerprint density at radius 1 is 0.955 bits per heavy atom. The predicted octanol–water partition coefficient (Wildman–Crippen LogP) is 3.58. The van der Waals surface area contributed by atoms with Gasteiger partial charge in [-0.3, -0.25) is 4.79 Å². The molecule has 2 aromatic carbocycles. The molecule has 0 unspecified atom stereocenters. The Hall–Kier alpha value is -2.49. The number of ether oxygens (including phenoxy) is 2. The zero-order valence-electron chi connectivity index (χ0n) is 13.1. The number of rotatable bonds is 6. The third-order valence-electron chi connectivity index (χ3n) is 3.58. The second-order valence-corrected chi connectivity index (χ2v) is 4.94. The number of benzene rings is 2. The fourth-order valence-corrected chi connectivity index (χ4v) is 2.24. The molecular weight excluding hydrogens is 278 g/mol. The quantitative estimate of drug-likeness (QED) is 0.887. The van der Waals surface area contributed by atoms with Crippen LogP contribution in [0.15, 0.2) is 48.5 Å². The van der Waals surface area contributed by atoms with E-state index in [1.807, 2.05) is 31.2 Å². The molecule has 1 amide bonds. The number of amides is 1. The number of methoxy groups -OCH3 is 2. The van der Waals surface area contributed by atoms with Gasteiger partial charge in [0.15, 0.2) is 0 Å². The Bertz CT molecular complexity index is 605. The van der Waals surface area contributed by atoms with Gasteiger partial charge in [-0.25, -0.2) is 0 Å². The van der Waals surface area contributed by atoms with Crippen LogP contribution in [0, 0.1) is 0 Å². The van der Waals surface area contributed by atoms with Crippen LogP contribution in [0.25, 0.3) is 0 Å². The largest absolute Gasteiger partial charge is 0.497 e. The van der Waals surface area contributed by atoms with Crippen LogP contribution in [0.1, 0.15) is 35.3 Å². The molecule has 0 saturated carbocycles. The van der Waals surface area contributed by atoms with E-state index in [9.17, 15) is 4.79 Å². The molecule has 22 heavy (non-hydrogen) atoms. The lowest BCUT2D eigenvalue weighted by Gasteiger charge is -2.18. The first kappa shape index (κ1) is 15.9. The summed E-state index contributed by atoms with van der Waals surface area (Å²) in [5.41, 5.74) is 1.68. The summed E-state index contributed by atoms with van der Waals surface area (Å²) < 4.78 is 10.3. The van der Waals surface area contributed by atoms with Gasteiger partial charge >= 0.3 is 0 Å².